The molecule has 0 saturated carbocycles. The van der Waals surface area contributed by atoms with E-state index in [0.29, 0.717) is 26.1 Å². The molecule has 1 aromatic carbocycles. The van der Waals surface area contributed by atoms with Crippen molar-refractivity contribution in [3.8, 4) is 0 Å². The number of nitrogens with one attached hydrogen (secondary N) is 1. The van der Waals surface area contributed by atoms with Gasteiger partial charge in [0.1, 0.15) is 17.1 Å². The third-order valence-corrected chi connectivity index (χ3v) is 6.76. The number of nitrogens with zero attached hydrogens (tertiary/aromatic N) is 4. The molecule has 1 fully saturated rings. The molecule has 182 valence electrons. The predicted molar refractivity (Wildman–Crippen MR) is 125 cm³/mol. The van der Waals surface area contributed by atoms with Crippen molar-refractivity contribution in [3.05, 3.63) is 53.4 Å². The van der Waals surface area contributed by atoms with Gasteiger partial charge in [0.2, 0.25) is 5.91 Å². The Labute approximate surface area is 199 Å². The van der Waals surface area contributed by atoms with Crippen molar-refractivity contribution in [1.29, 1.82) is 0 Å². The van der Waals surface area contributed by atoms with Crippen molar-refractivity contribution in [1.82, 2.24) is 24.7 Å². The molecule has 0 bridgehead atoms. The van der Waals surface area contributed by atoms with Gasteiger partial charge >= 0.3 is 0 Å². The third-order valence-electron chi connectivity index (χ3n) is 6.76. The monoisotopic (exact) mass is 469 g/mol. The van der Waals surface area contributed by atoms with Gasteiger partial charge in [0, 0.05) is 26.2 Å². The van der Waals surface area contributed by atoms with Gasteiger partial charge < -0.3 is 19.7 Å². The average Bonchev–Trinajstić information content (AvgIpc) is 3.05. The SMILES string of the molecule is CCCN1C(=O)c2c(C(=O)N3CCCCCC3)ncn2C[C@]1(C)C(=O)NCc1ccc(F)cc1. The Balaban J connectivity index is 1.58. The number of halogens is 1. The van der Waals surface area contributed by atoms with Crippen LogP contribution in [0.25, 0.3) is 0 Å². The molecule has 8 nitrogen and oxygen atoms in total. The van der Waals surface area contributed by atoms with E-state index in [0.717, 1.165) is 31.2 Å². The molecule has 2 aromatic rings. The largest absolute Gasteiger partial charge is 0.350 e. The van der Waals surface area contributed by atoms with Crippen LogP contribution in [0.15, 0.2) is 30.6 Å². The molecule has 9 heteroatoms. The van der Waals surface area contributed by atoms with Crippen LogP contribution < -0.4 is 5.32 Å². The molecule has 2 aliphatic heterocycles. The molecule has 1 saturated heterocycles. The number of aromatic nitrogens is 2. The highest BCUT2D eigenvalue weighted by atomic mass is 19.1. The number of imidazole rings is 1. The summed E-state index contributed by atoms with van der Waals surface area (Å²) in [7, 11) is 0. The minimum atomic E-state index is -1.15. The smallest absolute Gasteiger partial charge is 0.274 e. The molecule has 0 spiro atoms. The molecule has 1 aromatic heterocycles. The Hall–Kier alpha value is -3.23. The Bertz CT molecular complexity index is 1060. The van der Waals surface area contributed by atoms with Crippen molar-refractivity contribution in [3.63, 3.8) is 0 Å². The molecule has 1 atom stereocenters. The molecule has 0 unspecified atom stereocenters. The van der Waals surface area contributed by atoms with E-state index in [1.165, 1.54) is 18.5 Å². The molecule has 4 rings (SSSR count). The number of rotatable bonds is 6. The highest BCUT2D eigenvalue weighted by Gasteiger charge is 2.48. The standard InChI is InChI=1S/C25H32FN5O3/c1-3-12-31-23(33)21-20(22(32)29-13-6-4-5-7-14-29)28-17-30(21)16-25(31,2)24(34)27-15-18-8-10-19(26)11-9-18/h8-11,17H,3-7,12-16H2,1-2H3,(H,27,34)/t25-/m1/s1. The number of likely N-dealkylation sites (tertiary alicyclic amines) is 1. The molecular formula is C25H32FN5O3. The summed E-state index contributed by atoms with van der Waals surface area (Å²) in [5.41, 5.74) is 0.0356. The van der Waals surface area contributed by atoms with E-state index >= 15 is 0 Å². The van der Waals surface area contributed by atoms with Crippen LogP contribution in [-0.4, -0.2) is 62.2 Å². The third kappa shape index (κ3) is 4.56. The number of hydrogen-bond acceptors (Lipinski definition) is 4. The Kier molecular flexibility index (Phi) is 7.00. The first-order valence-electron chi connectivity index (χ1n) is 12.0. The van der Waals surface area contributed by atoms with Crippen LogP contribution in [0.1, 0.15) is 72.5 Å². The highest BCUT2D eigenvalue weighted by molar-refractivity contribution is 6.07. The second kappa shape index (κ2) is 9.95. The molecule has 34 heavy (non-hydrogen) atoms. The fourth-order valence-corrected chi connectivity index (χ4v) is 4.82. The van der Waals surface area contributed by atoms with Crippen LogP contribution in [0.5, 0.6) is 0 Å². The Morgan fingerprint density at radius 1 is 1.12 bits per heavy atom. The summed E-state index contributed by atoms with van der Waals surface area (Å²) in [6.45, 7) is 5.81. The second-order valence-electron chi connectivity index (χ2n) is 9.32. The second-order valence-corrected chi connectivity index (χ2v) is 9.32. The first-order valence-corrected chi connectivity index (χ1v) is 12.0. The summed E-state index contributed by atoms with van der Waals surface area (Å²) in [5, 5.41) is 2.89. The lowest BCUT2D eigenvalue weighted by molar-refractivity contribution is -0.133. The number of fused-ring (bicyclic) bond motifs is 1. The molecule has 1 N–H and O–H groups in total. The van der Waals surface area contributed by atoms with E-state index in [2.05, 4.69) is 10.3 Å². The number of carbonyl (C=O) groups excluding carboxylic acids is 3. The lowest BCUT2D eigenvalue weighted by Gasteiger charge is -2.43. The van der Waals surface area contributed by atoms with Crippen LogP contribution in [-0.2, 0) is 17.9 Å². The Morgan fingerprint density at radius 3 is 2.44 bits per heavy atom. The summed E-state index contributed by atoms with van der Waals surface area (Å²) >= 11 is 0. The van der Waals surface area contributed by atoms with E-state index in [9.17, 15) is 18.8 Å². The minimum absolute atomic E-state index is 0.168. The quantitative estimate of drug-likeness (QED) is 0.705. The molecule has 3 heterocycles. The van der Waals surface area contributed by atoms with Crippen molar-refractivity contribution < 1.29 is 18.8 Å². The first-order chi connectivity index (χ1) is 16.3. The highest BCUT2D eigenvalue weighted by Crippen LogP contribution is 2.30. The maximum Gasteiger partial charge on any atom is 0.274 e. The maximum atomic E-state index is 13.6. The van der Waals surface area contributed by atoms with Gasteiger partial charge in [-0.1, -0.05) is 31.9 Å². The summed E-state index contributed by atoms with van der Waals surface area (Å²) in [4.78, 5) is 47.9. The van der Waals surface area contributed by atoms with E-state index in [1.54, 1.807) is 33.4 Å². The number of carbonyl (C=O) groups is 3. The molecule has 2 aliphatic rings. The van der Waals surface area contributed by atoms with Crippen LogP contribution >= 0.6 is 0 Å². The van der Waals surface area contributed by atoms with E-state index in [-0.39, 0.29) is 48.0 Å². The van der Waals surface area contributed by atoms with Gasteiger partial charge in [0.15, 0.2) is 5.69 Å². The summed E-state index contributed by atoms with van der Waals surface area (Å²) in [6.07, 6.45) is 6.25. The fraction of sp³-hybridized carbons (Fsp3) is 0.520. The predicted octanol–water partition coefficient (Wildman–Crippen LogP) is 2.98. The molecule has 3 amide bonds. The lowest BCUT2D eigenvalue weighted by Crippen LogP contribution is -2.64. The van der Waals surface area contributed by atoms with Gasteiger partial charge in [-0.05, 0) is 43.9 Å². The van der Waals surface area contributed by atoms with Gasteiger partial charge in [0.25, 0.3) is 11.8 Å². The number of benzene rings is 1. The lowest BCUT2D eigenvalue weighted by atomic mass is 9.93. The normalized spacial score (nSPS) is 20.6. The van der Waals surface area contributed by atoms with E-state index in [4.69, 9.17) is 0 Å². The molecule has 0 aliphatic carbocycles. The van der Waals surface area contributed by atoms with Crippen LogP contribution in [0.4, 0.5) is 4.39 Å². The summed E-state index contributed by atoms with van der Waals surface area (Å²) in [6, 6.07) is 5.92. The molecule has 0 radical (unpaired) electrons. The van der Waals surface area contributed by atoms with Crippen molar-refractivity contribution in [2.75, 3.05) is 19.6 Å². The van der Waals surface area contributed by atoms with Gasteiger partial charge in [-0.3, -0.25) is 14.4 Å². The fourth-order valence-electron chi connectivity index (χ4n) is 4.82. The van der Waals surface area contributed by atoms with E-state index < -0.39 is 5.54 Å². The van der Waals surface area contributed by atoms with Crippen LogP contribution in [0.3, 0.4) is 0 Å². The average molecular weight is 470 g/mol. The number of amides is 3. The first kappa shape index (κ1) is 23.9. The van der Waals surface area contributed by atoms with Gasteiger partial charge in [-0.2, -0.15) is 0 Å². The summed E-state index contributed by atoms with van der Waals surface area (Å²) in [5.74, 6) is -1.22. The zero-order valence-electron chi connectivity index (χ0n) is 19.8. The van der Waals surface area contributed by atoms with Crippen LogP contribution in [0, 0.1) is 5.82 Å². The van der Waals surface area contributed by atoms with Crippen molar-refractivity contribution >= 4 is 17.7 Å². The van der Waals surface area contributed by atoms with E-state index in [1.807, 2.05) is 6.92 Å². The van der Waals surface area contributed by atoms with Crippen molar-refractivity contribution in [2.24, 2.45) is 0 Å². The minimum Gasteiger partial charge on any atom is -0.350 e. The van der Waals surface area contributed by atoms with Gasteiger partial charge in [-0.15, -0.1) is 0 Å². The Morgan fingerprint density at radius 2 is 1.79 bits per heavy atom. The van der Waals surface area contributed by atoms with Crippen molar-refractivity contribution in [2.45, 2.75) is 64.6 Å². The topological polar surface area (TPSA) is 87.5 Å². The molecular weight excluding hydrogens is 437 g/mol. The summed E-state index contributed by atoms with van der Waals surface area (Å²) < 4.78 is 14.8. The number of hydrogen-bond donors (Lipinski definition) is 1. The van der Waals surface area contributed by atoms with Gasteiger partial charge in [0.05, 0.1) is 12.9 Å². The zero-order chi connectivity index (χ0) is 24.3. The van der Waals surface area contributed by atoms with Gasteiger partial charge in [-0.25, -0.2) is 9.37 Å². The van der Waals surface area contributed by atoms with Crippen LogP contribution in [0.2, 0.25) is 0 Å². The maximum absolute atomic E-state index is 13.6. The zero-order valence-corrected chi connectivity index (χ0v) is 19.8.